The topological polar surface area (TPSA) is 118 Å². The van der Waals surface area contributed by atoms with Gasteiger partial charge < -0.3 is 19.9 Å². The number of aryl methyl sites for hydroxylation is 1. The third-order valence-corrected chi connectivity index (χ3v) is 9.46. The molecule has 2 aliphatic rings. The van der Waals surface area contributed by atoms with Crippen molar-refractivity contribution in [2.24, 2.45) is 10.3 Å². The lowest BCUT2D eigenvalue weighted by Gasteiger charge is -2.30. The van der Waals surface area contributed by atoms with Crippen LogP contribution in [0.4, 0.5) is 39.5 Å². The van der Waals surface area contributed by atoms with Crippen molar-refractivity contribution < 1.29 is 69.0 Å². The van der Waals surface area contributed by atoms with E-state index in [0.717, 1.165) is 24.3 Å². The van der Waals surface area contributed by atoms with E-state index in [2.05, 4.69) is 10.3 Å². The number of aromatic carboxylic acids is 2. The standard InChI is InChI=1S/C19H13F6NO3.C18H12Cl2F3NO3/c1-10-13(6-3-7-14(10)16(27)28)15-9-17(29-26-15,19(23,24)25)11-4-2-5-12(8-11)18(20,21)22;1-9-4-10(2-3-14(9)16(25)26)15-8-17(27-24-15,18(21,22)23)11-5-12(19)7-13(20)6-11/h2-8H,9H2,1H3,(H,27,28);2-7H,8H2,1H3,(H,25,26). The van der Waals surface area contributed by atoms with Crippen LogP contribution in [0.1, 0.15) is 72.5 Å². The Labute approximate surface area is 320 Å². The molecule has 296 valence electrons. The lowest BCUT2D eigenvalue weighted by atomic mass is 9.84. The van der Waals surface area contributed by atoms with Crippen LogP contribution in [0.5, 0.6) is 0 Å². The van der Waals surface area contributed by atoms with Crippen LogP contribution in [0.2, 0.25) is 10.0 Å². The fourth-order valence-electron chi connectivity index (χ4n) is 6.10. The molecular weight excluding hydrogens is 810 g/mol. The first-order valence-corrected chi connectivity index (χ1v) is 16.6. The van der Waals surface area contributed by atoms with Crippen molar-refractivity contribution in [2.45, 2.75) is 56.4 Å². The number of hydrogen-bond acceptors (Lipinski definition) is 6. The minimum absolute atomic E-state index is 0.0415. The van der Waals surface area contributed by atoms with Gasteiger partial charge in [-0.1, -0.05) is 63.8 Å². The van der Waals surface area contributed by atoms with Crippen LogP contribution in [0.15, 0.2) is 89.2 Å². The average molecular weight is 836 g/mol. The first-order valence-electron chi connectivity index (χ1n) is 15.9. The van der Waals surface area contributed by atoms with Crippen molar-refractivity contribution in [3.8, 4) is 0 Å². The number of carbonyl (C=O) groups is 2. The molecule has 0 radical (unpaired) electrons. The van der Waals surface area contributed by atoms with Crippen LogP contribution in [-0.2, 0) is 27.1 Å². The molecule has 0 amide bonds. The van der Waals surface area contributed by atoms with E-state index in [-0.39, 0.29) is 49.3 Å². The van der Waals surface area contributed by atoms with Gasteiger partial charge in [0.05, 0.1) is 28.1 Å². The van der Waals surface area contributed by atoms with Crippen LogP contribution in [0.3, 0.4) is 0 Å². The van der Waals surface area contributed by atoms with E-state index in [9.17, 15) is 54.2 Å². The molecular formula is C37H25Cl2F9N2O6. The van der Waals surface area contributed by atoms with E-state index in [1.54, 1.807) is 6.92 Å². The number of carboxylic acid groups (broad SMARTS) is 2. The summed E-state index contributed by atoms with van der Waals surface area (Å²) >= 11 is 11.7. The summed E-state index contributed by atoms with van der Waals surface area (Å²) in [6.45, 7) is 2.95. The van der Waals surface area contributed by atoms with Gasteiger partial charge in [-0.05, 0) is 79.1 Å². The molecule has 56 heavy (non-hydrogen) atoms. The molecule has 0 fully saturated rings. The van der Waals surface area contributed by atoms with Gasteiger partial charge in [0.1, 0.15) is 0 Å². The van der Waals surface area contributed by atoms with Gasteiger partial charge in [-0.15, -0.1) is 0 Å². The van der Waals surface area contributed by atoms with Gasteiger partial charge in [0.15, 0.2) is 0 Å². The van der Waals surface area contributed by atoms with Crippen molar-refractivity contribution >= 4 is 46.6 Å². The number of alkyl halides is 9. The lowest BCUT2D eigenvalue weighted by molar-refractivity contribution is -0.276. The van der Waals surface area contributed by atoms with E-state index < -0.39 is 65.6 Å². The third kappa shape index (κ3) is 8.00. The van der Waals surface area contributed by atoms with Gasteiger partial charge in [-0.3, -0.25) is 0 Å². The Morgan fingerprint density at radius 1 is 0.661 bits per heavy atom. The van der Waals surface area contributed by atoms with Crippen LogP contribution < -0.4 is 0 Å². The number of halogens is 11. The zero-order valence-electron chi connectivity index (χ0n) is 28.5. The minimum atomic E-state index is -5.08. The van der Waals surface area contributed by atoms with Crippen molar-refractivity contribution in [1.29, 1.82) is 0 Å². The van der Waals surface area contributed by atoms with E-state index >= 15 is 0 Å². The quantitative estimate of drug-likeness (QED) is 0.187. The molecule has 0 aliphatic carbocycles. The van der Waals surface area contributed by atoms with Crippen LogP contribution in [0.25, 0.3) is 0 Å². The number of carboxylic acids is 2. The predicted octanol–water partition coefficient (Wildman–Crippen LogP) is 10.9. The van der Waals surface area contributed by atoms with E-state index in [1.807, 2.05) is 0 Å². The zero-order chi connectivity index (χ0) is 41.6. The van der Waals surface area contributed by atoms with Crippen LogP contribution in [0, 0.1) is 13.8 Å². The molecule has 0 saturated heterocycles. The van der Waals surface area contributed by atoms with Gasteiger partial charge in [0.2, 0.25) is 0 Å². The van der Waals surface area contributed by atoms with E-state index in [4.69, 9.17) is 38.0 Å². The van der Waals surface area contributed by atoms with Crippen LogP contribution in [-0.4, -0.2) is 45.9 Å². The first kappa shape index (κ1) is 41.9. The fraction of sp³-hybridized carbons (Fsp3) is 0.243. The molecule has 19 heteroatoms. The van der Waals surface area contributed by atoms with Crippen molar-refractivity contribution in [3.05, 3.63) is 139 Å². The highest BCUT2D eigenvalue weighted by atomic mass is 35.5. The number of nitrogens with zero attached hydrogens (tertiary/aromatic N) is 2. The molecule has 0 aromatic heterocycles. The van der Waals surface area contributed by atoms with Crippen molar-refractivity contribution in [1.82, 2.24) is 0 Å². The second-order valence-corrected chi connectivity index (χ2v) is 13.5. The van der Waals surface area contributed by atoms with Gasteiger partial charge in [-0.25, -0.2) is 9.59 Å². The van der Waals surface area contributed by atoms with Gasteiger partial charge in [0, 0.05) is 39.6 Å². The Kier molecular flexibility index (Phi) is 11.2. The summed E-state index contributed by atoms with van der Waals surface area (Å²) < 4.78 is 123. The minimum Gasteiger partial charge on any atom is -0.478 e. The fourth-order valence-corrected chi connectivity index (χ4v) is 6.63. The summed E-state index contributed by atoms with van der Waals surface area (Å²) in [5, 5.41) is 25.5. The molecule has 2 aliphatic heterocycles. The third-order valence-electron chi connectivity index (χ3n) is 9.02. The summed E-state index contributed by atoms with van der Waals surface area (Å²) in [7, 11) is 0. The normalized spacial score (nSPS) is 19.6. The highest BCUT2D eigenvalue weighted by molar-refractivity contribution is 6.34. The maximum atomic E-state index is 14.0. The molecule has 2 heterocycles. The molecule has 0 saturated carbocycles. The maximum absolute atomic E-state index is 14.0. The maximum Gasteiger partial charge on any atom is 0.435 e. The monoisotopic (exact) mass is 834 g/mol. The molecule has 0 bridgehead atoms. The zero-order valence-corrected chi connectivity index (χ0v) is 30.0. The van der Waals surface area contributed by atoms with E-state index in [1.165, 1.54) is 49.4 Å². The number of benzene rings is 4. The predicted molar refractivity (Wildman–Crippen MR) is 184 cm³/mol. The highest BCUT2D eigenvalue weighted by Gasteiger charge is 2.63. The average Bonchev–Trinajstić information content (AvgIpc) is 3.75. The van der Waals surface area contributed by atoms with Crippen LogP contribution >= 0.6 is 23.2 Å². The summed E-state index contributed by atoms with van der Waals surface area (Å²) in [5.74, 6) is -2.40. The molecule has 2 unspecified atom stereocenters. The van der Waals surface area contributed by atoms with E-state index in [0.29, 0.717) is 23.3 Å². The Morgan fingerprint density at radius 2 is 1.20 bits per heavy atom. The second kappa shape index (κ2) is 15.0. The molecule has 4 aromatic rings. The Morgan fingerprint density at radius 3 is 1.73 bits per heavy atom. The van der Waals surface area contributed by atoms with Gasteiger partial charge in [-0.2, -0.15) is 39.5 Å². The smallest absolute Gasteiger partial charge is 0.435 e. The Hall–Kier alpha value is -5.29. The summed E-state index contributed by atoms with van der Waals surface area (Å²) in [5.41, 5.74) is -7.30. The largest absolute Gasteiger partial charge is 0.478 e. The summed E-state index contributed by atoms with van der Waals surface area (Å²) in [6.07, 6.45) is -16.2. The summed E-state index contributed by atoms with van der Waals surface area (Å²) in [4.78, 5) is 32.0. The number of rotatable bonds is 6. The molecule has 4 aromatic carbocycles. The number of hydrogen-bond donors (Lipinski definition) is 2. The molecule has 6 rings (SSSR count). The van der Waals surface area contributed by atoms with Gasteiger partial charge in [0.25, 0.3) is 11.2 Å². The lowest BCUT2D eigenvalue weighted by Crippen LogP contribution is -2.42. The first-order chi connectivity index (χ1) is 25.9. The second-order valence-electron chi connectivity index (χ2n) is 12.6. The molecule has 2 atom stereocenters. The highest BCUT2D eigenvalue weighted by Crippen LogP contribution is 2.51. The Bertz CT molecular complexity index is 2250. The Balaban J connectivity index is 0.000000215. The van der Waals surface area contributed by atoms with Crippen molar-refractivity contribution in [2.75, 3.05) is 0 Å². The molecule has 8 nitrogen and oxygen atoms in total. The number of oxime groups is 2. The summed E-state index contributed by atoms with van der Waals surface area (Å²) in [6, 6.07) is 14.6. The van der Waals surface area contributed by atoms with Crippen molar-refractivity contribution in [3.63, 3.8) is 0 Å². The molecule has 2 N–H and O–H groups in total. The van der Waals surface area contributed by atoms with Gasteiger partial charge >= 0.3 is 30.5 Å². The SMILES string of the molecule is Cc1c(C(=O)O)cccc1C1=NOC(c2cccc(C(F)(F)F)c2)(C(F)(F)F)C1.Cc1cc(C2=NOC(c3cc(Cl)cc(Cl)c3)(C(F)(F)F)C2)ccc1C(=O)O. The molecule has 0 spiro atoms.